The van der Waals surface area contributed by atoms with E-state index in [0.29, 0.717) is 35.7 Å². The Kier molecular flexibility index (Phi) is 3.03. The van der Waals surface area contributed by atoms with Gasteiger partial charge < -0.3 is 9.84 Å². The van der Waals surface area contributed by atoms with E-state index in [9.17, 15) is 4.79 Å². The van der Waals surface area contributed by atoms with Crippen LogP contribution in [0.15, 0.2) is 34.9 Å². The van der Waals surface area contributed by atoms with E-state index < -0.39 is 0 Å². The predicted molar refractivity (Wildman–Crippen MR) is 68.4 cm³/mol. The summed E-state index contributed by atoms with van der Waals surface area (Å²) in [7, 11) is 0. The monoisotopic (exact) mass is 257 g/mol. The second-order valence-corrected chi connectivity index (χ2v) is 4.92. The van der Waals surface area contributed by atoms with Crippen LogP contribution < -0.4 is 5.32 Å². The molecule has 0 unspecified atom stereocenters. The summed E-state index contributed by atoms with van der Waals surface area (Å²) in [6.07, 6.45) is 1.11. The summed E-state index contributed by atoms with van der Waals surface area (Å²) < 4.78 is 5.18. The zero-order chi connectivity index (χ0) is 13.2. The minimum absolute atomic E-state index is 0.133. The molecule has 0 radical (unpaired) electrons. The highest BCUT2D eigenvalue weighted by molar-refractivity contribution is 5.93. The number of nitrogens with one attached hydrogen (secondary N) is 1. The van der Waals surface area contributed by atoms with Gasteiger partial charge in [0.05, 0.1) is 6.54 Å². The van der Waals surface area contributed by atoms with Gasteiger partial charge in [0.15, 0.2) is 5.82 Å². The van der Waals surface area contributed by atoms with Gasteiger partial charge in [0, 0.05) is 11.5 Å². The third kappa shape index (κ3) is 2.65. The van der Waals surface area contributed by atoms with Crippen LogP contribution in [0.4, 0.5) is 0 Å². The van der Waals surface area contributed by atoms with Crippen LogP contribution in [-0.2, 0) is 6.54 Å². The Hall–Kier alpha value is -2.17. The molecular formula is C14H15N3O2. The first kappa shape index (κ1) is 11.9. The van der Waals surface area contributed by atoms with Crippen molar-refractivity contribution in [3.05, 3.63) is 47.6 Å². The Balaban J connectivity index is 1.57. The van der Waals surface area contributed by atoms with Crippen LogP contribution in [0, 0.1) is 5.92 Å². The normalized spacial score (nSPS) is 21.1. The highest BCUT2D eigenvalue weighted by Gasteiger charge is 2.38. The number of aromatic nitrogens is 2. The number of benzene rings is 1. The number of rotatable bonds is 4. The highest BCUT2D eigenvalue weighted by atomic mass is 16.5. The van der Waals surface area contributed by atoms with E-state index in [-0.39, 0.29) is 5.91 Å². The fraction of sp³-hybridized carbons (Fsp3) is 0.357. The number of carbonyl (C=O) groups is 1. The van der Waals surface area contributed by atoms with Crippen LogP contribution in [0.5, 0.6) is 0 Å². The molecule has 1 aliphatic carbocycles. The minimum Gasteiger partial charge on any atom is -0.345 e. The SMILES string of the molecule is C[C@@H]1C[C@H]1c1nc(CNC(=O)c2ccccc2)no1. The second-order valence-electron chi connectivity index (χ2n) is 4.92. The lowest BCUT2D eigenvalue weighted by atomic mass is 10.2. The van der Waals surface area contributed by atoms with Gasteiger partial charge in [-0.05, 0) is 24.5 Å². The van der Waals surface area contributed by atoms with Gasteiger partial charge in [-0.2, -0.15) is 4.98 Å². The van der Waals surface area contributed by atoms with Crippen LogP contribution in [0.3, 0.4) is 0 Å². The first-order valence-corrected chi connectivity index (χ1v) is 6.40. The van der Waals surface area contributed by atoms with Gasteiger partial charge in [-0.25, -0.2) is 0 Å². The summed E-state index contributed by atoms with van der Waals surface area (Å²) in [5.74, 6) is 2.12. The molecule has 0 spiro atoms. The van der Waals surface area contributed by atoms with Crippen molar-refractivity contribution in [3.63, 3.8) is 0 Å². The number of hydrogen-bond acceptors (Lipinski definition) is 4. The molecule has 0 saturated heterocycles. The molecule has 1 aromatic carbocycles. The standard InChI is InChI=1S/C14H15N3O2/c1-9-7-11(9)14-16-12(17-19-14)8-15-13(18)10-5-3-2-4-6-10/h2-6,9,11H,7-8H2,1H3,(H,15,18)/t9-,11-/m1/s1. The molecule has 1 aromatic heterocycles. The summed E-state index contributed by atoms with van der Waals surface area (Å²) in [6, 6.07) is 9.07. The average Bonchev–Trinajstić information content (AvgIpc) is 3.00. The molecule has 1 saturated carbocycles. The molecule has 19 heavy (non-hydrogen) atoms. The highest BCUT2D eigenvalue weighted by Crippen LogP contribution is 2.45. The lowest BCUT2D eigenvalue weighted by Crippen LogP contribution is -2.23. The van der Waals surface area contributed by atoms with Gasteiger partial charge in [-0.3, -0.25) is 4.79 Å². The van der Waals surface area contributed by atoms with Crippen molar-refractivity contribution in [2.75, 3.05) is 0 Å². The molecule has 1 amide bonds. The number of nitrogens with zero attached hydrogens (tertiary/aromatic N) is 2. The zero-order valence-electron chi connectivity index (χ0n) is 10.7. The van der Waals surface area contributed by atoms with Crippen LogP contribution >= 0.6 is 0 Å². The number of amides is 1. The van der Waals surface area contributed by atoms with E-state index in [1.165, 1.54) is 0 Å². The van der Waals surface area contributed by atoms with Crippen molar-refractivity contribution >= 4 is 5.91 Å². The molecule has 5 heteroatoms. The molecule has 0 bridgehead atoms. The topological polar surface area (TPSA) is 68.0 Å². The maximum atomic E-state index is 11.8. The summed E-state index contributed by atoms with van der Waals surface area (Å²) >= 11 is 0. The van der Waals surface area contributed by atoms with Crippen LogP contribution in [0.2, 0.25) is 0 Å². The Morgan fingerprint density at radius 2 is 2.16 bits per heavy atom. The zero-order valence-corrected chi connectivity index (χ0v) is 10.7. The van der Waals surface area contributed by atoms with Crippen LogP contribution in [-0.4, -0.2) is 16.0 Å². The molecule has 2 atom stereocenters. The van der Waals surface area contributed by atoms with Crippen molar-refractivity contribution in [1.29, 1.82) is 0 Å². The minimum atomic E-state index is -0.133. The molecule has 3 rings (SSSR count). The van der Waals surface area contributed by atoms with Gasteiger partial charge in [-0.1, -0.05) is 30.3 Å². The Morgan fingerprint density at radius 3 is 2.84 bits per heavy atom. The summed E-state index contributed by atoms with van der Waals surface area (Å²) in [5.41, 5.74) is 0.627. The molecule has 98 valence electrons. The molecule has 5 nitrogen and oxygen atoms in total. The molecule has 1 heterocycles. The van der Waals surface area contributed by atoms with Gasteiger partial charge in [-0.15, -0.1) is 0 Å². The van der Waals surface area contributed by atoms with Gasteiger partial charge >= 0.3 is 0 Å². The second kappa shape index (κ2) is 4.84. The predicted octanol–water partition coefficient (Wildman–Crippen LogP) is 2.12. The van der Waals surface area contributed by atoms with Crippen molar-refractivity contribution in [2.45, 2.75) is 25.8 Å². The van der Waals surface area contributed by atoms with Crippen molar-refractivity contribution < 1.29 is 9.32 Å². The number of hydrogen-bond donors (Lipinski definition) is 1. The van der Waals surface area contributed by atoms with E-state index >= 15 is 0 Å². The van der Waals surface area contributed by atoms with E-state index in [4.69, 9.17) is 4.52 Å². The first-order valence-electron chi connectivity index (χ1n) is 6.40. The maximum absolute atomic E-state index is 11.8. The van der Waals surface area contributed by atoms with Crippen molar-refractivity contribution in [2.24, 2.45) is 5.92 Å². The Labute approximate surface area is 111 Å². The number of carbonyl (C=O) groups excluding carboxylic acids is 1. The summed E-state index contributed by atoms with van der Waals surface area (Å²) in [6.45, 7) is 2.45. The largest absolute Gasteiger partial charge is 0.345 e. The lowest BCUT2D eigenvalue weighted by Gasteiger charge is -2.01. The first-order chi connectivity index (χ1) is 9.24. The van der Waals surface area contributed by atoms with Crippen molar-refractivity contribution in [3.8, 4) is 0 Å². The van der Waals surface area contributed by atoms with E-state index in [1.807, 2.05) is 18.2 Å². The average molecular weight is 257 g/mol. The van der Waals surface area contributed by atoms with Gasteiger partial charge in [0.25, 0.3) is 5.91 Å². The van der Waals surface area contributed by atoms with E-state index in [0.717, 1.165) is 6.42 Å². The molecule has 0 aliphatic heterocycles. The molecule has 2 aromatic rings. The van der Waals surface area contributed by atoms with Crippen LogP contribution in [0.25, 0.3) is 0 Å². The summed E-state index contributed by atoms with van der Waals surface area (Å²) in [4.78, 5) is 16.1. The molecule has 1 N–H and O–H groups in total. The van der Waals surface area contributed by atoms with Crippen molar-refractivity contribution in [1.82, 2.24) is 15.5 Å². The quantitative estimate of drug-likeness (QED) is 0.911. The smallest absolute Gasteiger partial charge is 0.251 e. The molecule has 1 aliphatic rings. The Bertz CT molecular complexity index is 579. The fourth-order valence-electron chi connectivity index (χ4n) is 2.01. The van der Waals surface area contributed by atoms with Gasteiger partial charge in [0.2, 0.25) is 5.89 Å². The van der Waals surface area contributed by atoms with Gasteiger partial charge in [0.1, 0.15) is 0 Å². The lowest BCUT2D eigenvalue weighted by molar-refractivity contribution is 0.0949. The third-order valence-electron chi connectivity index (χ3n) is 3.35. The van der Waals surface area contributed by atoms with E-state index in [2.05, 4.69) is 22.4 Å². The third-order valence-corrected chi connectivity index (χ3v) is 3.35. The molecular weight excluding hydrogens is 242 g/mol. The Morgan fingerprint density at radius 1 is 1.42 bits per heavy atom. The fourth-order valence-corrected chi connectivity index (χ4v) is 2.01. The summed E-state index contributed by atoms with van der Waals surface area (Å²) in [5, 5.41) is 6.65. The molecule has 1 fully saturated rings. The van der Waals surface area contributed by atoms with E-state index in [1.54, 1.807) is 12.1 Å². The maximum Gasteiger partial charge on any atom is 0.251 e. The van der Waals surface area contributed by atoms with Crippen LogP contribution in [0.1, 0.15) is 41.3 Å².